The summed E-state index contributed by atoms with van der Waals surface area (Å²) in [7, 11) is 0. The molecular formula is C29H35NO5. The molecule has 6 heteroatoms. The van der Waals surface area contributed by atoms with Crippen LogP contribution < -0.4 is 4.74 Å². The molecule has 2 N–H and O–H groups in total. The first kappa shape index (κ1) is 22.1. The molecule has 5 aliphatic rings. The summed E-state index contributed by atoms with van der Waals surface area (Å²) < 4.78 is 13.2. The molecule has 0 aromatic heterocycles. The maximum absolute atomic E-state index is 14.6. The number of benzene rings is 2. The molecule has 2 aromatic rings. The highest BCUT2D eigenvalue weighted by atomic mass is 16.6. The smallest absolute Gasteiger partial charge is 0.165 e. The van der Waals surface area contributed by atoms with Crippen LogP contribution in [-0.2, 0) is 23.0 Å². The number of aryl methyl sites for hydroxylation is 1. The molecule has 186 valence electrons. The van der Waals surface area contributed by atoms with Crippen molar-refractivity contribution in [1.29, 1.82) is 0 Å². The second kappa shape index (κ2) is 7.69. The van der Waals surface area contributed by atoms with E-state index in [1.165, 1.54) is 5.56 Å². The number of likely N-dealkylation sites (tertiary alicyclic amines) is 1. The molecule has 0 amide bonds. The lowest BCUT2D eigenvalue weighted by atomic mass is 9.48. The molecule has 1 saturated heterocycles. The van der Waals surface area contributed by atoms with Crippen LogP contribution in [0.1, 0.15) is 55.2 Å². The third-order valence-electron chi connectivity index (χ3n) is 9.80. The van der Waals surface area contributed by atoms with Crippen LogP contribution in [0.3, 0.4) is 0 Å². The zero-order valence-corrected chi connectivity index (χ0v) is 20.2. The van der Waals surface area contributed by atoms with E-state index in [-0.39, 0.29) is 16.4 Å². The van der Waals surface area contributed by atoms with Crippen molar-refractivity contribution in [3.8, 4) is 11.5 Å². The molecule has 6 nitrogen and oxygen atoms in total. The Bertz CT molecular complexity index is 1140. The molecule has 2 aliphatic heterocycles. The number of piperidine rings is 1. The Morgan fingerprint density at radius 2 is 1.91 bits per heavy atom. The van der Waals surface area contributed by atoms with E-state index in [2.05, 4.69) is 24.3 Å². The Morgan fingerprint density at radius 1 is 1.09 bits per heavy atom. The fourth-order valence-electron chi connectivity index (χ4n) is 8.17. The molecule has 2 heterocycles. The van der Waals surface area contributed by atoms with Gasteiger partial charge in [-0.1, -0.05) is 36.4 Å². The molecule has 1 spiro atoms. The van der Waals surface area contributed by atoms with Crippen molar-refractivity contribution in [3.05, 3.63) is 64.4 Å². The molecule has 2 saturated carbocycles. The highest BCUT2D eigenvalue weighted by Gasteiger charge is 2.77. The molecule has 0 radical (unpaired) electrons. The van der Waals surface area contributed by atoms with E-state index in [0.717, 1.165) is 36.8 Å². The van der Waals surface area contributed by atoms with Gasteiger partial charge in [-0.2, -0.15) is 0 Å². The van der Waals surface area contributed by atoms with Crippen LogP contribution in [0.2, 0.25) is 0 Å². The number of rotatable bonds is 7. The number of quaternary nitrogens is 1. The number of ether oxygens (including phenoxy) is 2. The van der Waals surface area contributed by atoms with Gasteiger partial charge in [0.2, 0.25) is 0 Å². The fraction of sp³-hybridized carbons (Fsp3) is 0.586. The molecule has 3 unspecified atom stereocenters. The number of hydrogen-bond donors (Lipinski definition) is 2. The van der Waals surface area contributed by atoms with Gasteiger partial charge in [0.05, 0.1) is 24.6 Å². The van der Waals surface area contributed by atoms with Crippen LogP contribution in [0.15, 0.2) is 42.5 Å². The van der Waals surface area contributed by atoms with Crippen molar-refractivity contribution < 1.29 is 24.3 Å². The van der Waals surface area contributed by atoms with Crippen LogP contribution in [0, 0.1) is 11.1 Å². The van der Waals surface area contributed by atoms with Gasteiger partial charge < -0.3 is 29.5 Å². The number of phenolic OH excluding ortho intramolecular Hbond substituents is 1. The van der Waals surface area contributed by atoms with Gasteiger partial charge in [0.1, 0.15) is 17.7 Å². The summed E-state index contributed by atoms with van der Waals surface area (Å²) in [5.41, 5.74) is 2.13. The average molecular weight is 478 g/mol. The minimum atomic E-state index is -0.686. The summed E-state index contributed by atoms with van der Waals surface area (Å²) in [6.45, 7) is 1.77. The maximum atomic E-state index is 14.6. The fourth-order valence-corrected chi connectivity index (χ4v) is 8.17. The van der Waals surface area contributed by atoms with Gasteiger partial charge in [-0.05, 0) is 55.7 Å². The SMILES string of the molecule is [O-][N+]1(CC2CC2)CC[C@]23c4c5ccc(O)c4OC2C(O)CC[C@@]3(OCCCc2ccccc2)[C@H]1C5. The number of phenols is 1. The van der Waals surface area contributed by atoms with Crippen LogP contribution in [-0.4, -0.2) is 58.4 Å². The zero-order chi connectivity index (χ0) is 23.8. The summed E-state index contributed by atoms with van der Waals surface area (Å²) in [4.78, 5) is 0. The van der Waals surface area contributed by atoms with E-state index in [1.807, 2.05) is 12.1 Å². The molecule has 6 atom stereocenters. The van der Waals surface area contributed by atoms with E-state index in [4.69, 9.17) is 9.47 Å². The van der Waals surface area contributed by atoms with Gasteiger partial charge in [0.15, 0.2) is 11.5 Å². The topological polar surface area (TPSA) is 82.0 Å². The van der Waals surface area contributed by atoms with E-state index in [1.54, 1.807) is 6.07 Å². The first-order valence-electron chi connectivity index (χ1n) is 13.4. The maximum Gasteiger partial charge on any atom is 0.165 e. The molecule has 7 rings (SSSR count). The summed E-state index contributed by atoms with van der Waals surface area (Å²) >= 11 is 0. The summed E-state index contributed by atoms with van der Waals surface area (Å²) in [5.74, 6) is 1.16. The quantitative estimate of drug-likeness (QED) is 0.358. The van der Waals surface area contributed by atoms with Crippen molar-refractivity contribution in [2.24, 2.45) is 5.92 Å². The Morgan fingerprint density at radius 3 is 2.71 bits per heavy atom. The van der Waals surface area contributed by atoms with Crippen molar-refractivity contribution in [1.82, 2.24) is 0 Å². The minimum absolute atomic E-state index is 0.127. The van der Waals surface area contributed by atoms with E-state index < -0.39 is 23.2 Å². The number of aromatic hydroxyl groups is 1. The van der Waals surface area contributed by atoms with Gasteiger partial charge >= 0.3 is 0 Å². The minimum Gasteiger partial charge on any atom is -0.632 e. The third-order valence-corrected chi connectivity index (χ3v) is 9.80. The summed E-state index contributed by atoms with van der Waals surface area (Å²) in [6, 6.07) is 13.9. The first-order chi connectivity index (χ1) is 17.0. The molecule has 3 aliphatic carbocycles. The molecule has 35 heavy (non-hydrogen) atoms. The Hall–Kier alpha value is -2.12. The van der Waals surface area contributed by atoms with Gasteiger partial charge in [0, 0.05) is 30.9 Å². The number of hydroxylamine groups is 3. The molecular weight excluding hydrogens is 442 g/mol. The van der Waals surface area contributed by atoms with E-state index in [0.29, 0.717) is 57.0 Å². The van der Waals surface area contributed by atoms with Gasteiger partial charge in [0.25, 0.3) is 0 Å². The number of aliphatic hydroxyl groups excluding tert-OH is 1. The van der Waals surface area contributed by atoms with Gasteiger partial charge in [-0.15, -0.1) is 0 Å². The van der Waals surface area contributed by atoms with Crippen molar-refractivity contribution in [2.45, 2.75) is 80.6 Å². The molecule has 2 aromatic carbocycles. The second-order valence-corrected chi connectivity index (χ2v) is 11.7. The highest BCUT2D eigenvalue weighted by Crippen LogP contribution is 2.67. The lowest BCUT2D eigenvalue weighted by Gasteiger charge is -2.69. The largest absolute Gasteiger partial charge is 0.632 e. The monoisotopic (exact) mass is 477 g/mol. The lowest BCUT2D eigenvalue weighted by molar-refractivity contribution is -0.924. The number of hydrogen-bond acceptors (Lipinski definition) is 5. The molecule has 2 bridgehead atoms. The van der Waals surface area contributed by atoms with Crippen molar-refractivity contribution >= 4 is 0 Å². The van der Waals surface area contributed by atoms with E-state index in [9.17, 15) is 15.4 Å². The second-order valence-electron chi connectivity index (χ2n) is 11.7. The number of nitrogens with zero attached hydrogens (tertiary/aromatic N) is 1. The van der Waals surface area contributed by atoms with Gasteiger partial charge in [-0.3, -0.25) is 0 Å². The Labute approximate surface area is 206 Å². The average Bonchev–Trinajstić information content (AvgIpc) is 3.59. The van der Waals surface area contributed by atoms with Crippen LogP contribution in [0.25, 0.3) is 0 Å². The summed E-state index contributed by atoms with van der Waals surface area (Å²) in [5, 5.41) is 36.5. The van der Waals surface area contributed by atoms with Crippen molar-refractivity contribution in [3.63, 3.8) is 0 Å². The van der Waals surface area contributed by atoms with Crippen LogP contribution >= 0.6 is 0 Å². The summed E-state index contributed by atoms with van der Waals surface area (Å²) in [6.07, 6.45) is 5.49. The Kier molecular flexibility index (Phi) is 4.86. The van der Waals surface area contributed by atoms with Crippen LogP contribution in [0.5, 0.6) is 11.5 Å². The van der Waals surface area contributed by atoms with Crippen LogP contribution in [0.4, 0.5) is 0 Å². The Balaban J connectivity index is 1.30. The highest BCUT2D eigenvalue weighted by molar-refractivity contribution is 5.62. The normalized spacial score (nSPS) is 38.6. The predicted molar refractivity (Wildman–Crippen MR) is 131 cm³/mol. The van der Waals surface area contributed by atoms with Gasteiger partial charge in [-0.25, -0.2) is 0 Å². The zero-order valence-electron chi connectivity index (χ0n) is 20.2. The lowest BCUT2D eigenvalue weighted by Crippen LogP contribution is -2.81. The third kappa shape index (κ3) is 3.03. The predicted octanol–water partition coefficient (Wildman–Crippen LogP) is 3.99. The molecule has 3 fully saturated rings. The number of aliphatic hydroxyl groups is 1. The first-order valence-corrected chi connectivity index (χ1v) is 13.4. The van der Waals surface area contributed by atoms with Crippen molar-refractivity contribution in [2.75, 3.05) is 19.7 Å². The standard InChI is InChI=1S/C29H35NO5/c31-22-11-10-21-17-24-29(34-16-4-7-19-5-2-1-3-6-19)13-12-23(32)27-28(29,25(21)26(22)35-27)14-15-30(24,33)18-20-8-9-20/h1-3,5-6,10-11,20,23-24,27,31-32H,4,7-9,12-18H2/t23?,24-,27?,28+,29-,30?/m1/s1. The van der Waals surface area contributed by atoms with E-state index >= 15 is 0 Å².